The SMILES string of the molecule is C=CCn1c(=O)n(CC=C)c(=O)n(Cc2cc(Cl)c3c(c2)OCCCO3)c1=O. The molecule has 0 N–H and O–H groups in total. The molecule has 8 nitrogen and oxygen atoms in total. The Balaban J connectivity index is 2.13. The highest BCUT2D eigenvalue weighted by atomic mass is 35.5. The normalized spacial score (nSPS) is 13.0. The van der Waals surface area contributed by atoms with Crippen LogP contribution in [-0.2, 0) is 19.6 Å². The number of allylic oxidation sites excluding steroid dienone is 2. The molecule has 0 saturated carbocycles. The van der Waals surface area contributed by atoms with Gasteiger partial charge in [0.15, 0.2) is 11.5 Å². The lowest BCUT2D eigenvalue weighted by Crippen LogP contribution is -2.54. The van der Waals surface area contributed by atoms with Gasteiger partial charge >= 0.3 is 17.1 Å². The van der Waals surface area contributed by atoms with Gasteiger partial charge in [-0.05, 0) is 17.7 Å². The predicted molar refractivity (Wildman–Crippen MR) is 106 cm³/mol. The summed E-state index contributed by atoms with van der Waals surface area (Å²) in [7, 11) is 0. The van der Waals surface area contributed by atoms with Crippen molar-refractivity contribution in [3.8, 4) is 11.5 Å². The van der Waals surface area contributed by atoms with Gasteiger partial charge in [0, 0.05) is 6.42 Å². The lowest BCUT2D eigenvalue weighted by Gasteiger charge is -2.14. The minimum Gasteiger partial charge on any atom is -0.489 e. The Morgan fingerprint density at radius 1 is 0.929 bits per heavy atom. The molecule has 0 atom stereocenters. The molecule has 2 heterocycles. The molecule has 0 unspecified atom stereocenters. The molecule has 0 bridgehead atoms. The van der Waals surface area contributed by atoms with Crippen LogP contribution in [0.15, 0.2) is 51.8 Å². The number of aromatic nitrogens is 3. The van der Waals surface area contributed by atoms with Crippen molar-refractivity contribution in [1.82, 2.24) is 13.7 Å². The lowest BCUT2D eigenvalue weighted by molar-refractivity contribution is 0.297. The molecule has 0 amide bonds. The standard InChI is InChI=1S/C19H20ClN3O5/c1-3-6-21-17(24)22(7-4-2)19(26)23(18(21)25)12-13-10-14(20)16-15(11-13)27-8-5-9-28-16/h3-4,10-11H,1-2,5-9,12H2. The zero-order valence-electron chi connectivity index (χ0n) is 15.2. The van der Waals surface area contributed by atoms with Gasteiger partial charge < -0.3 is 9.47 Å². The van der Waals surface area contributed by atoms with Crippen molar-refractivity contribution in [2.24, 2.45) is 0 Å². The molecule has 1 aromatic carbocycles. The molecule has 9 heteroatoms. The maximum atomic E-state index is 12.7. The van der Waals surface area contributed by atoms with E-state index in [4.69, 9.17) is 21.1 Å². The van der Waals surface area contributed by atoms with E-state index in [0.717, 1.165) is 20.1 Å². The van der Waals surface area contributed by atoms with E-state index < -0.39 is 17.1 Å². The first kappa shape index (κ1) is 19.8. The summed E-state index contributed by atoms with van der Waals surface area (Å²) < 4.78 is 14.1. The minimum atomic E-state index is -0.724. The number of ether oxygens (including phenoxy) is 2. The van der Waals surface area contributed by atoms with Crippen molar-refractivity contribution >= 4 is 11.6 Å². The van der Waals surface area contributed by atoms with Crippen LogP contribution >= 0.6 is 11.6 Å². The fourth-order valence-corrected chi connectivity index (χ4v) is 3.23. The first-order valence-corrected chi connectivity index (χ1v) is 9.10. The Kier molecular flexibility index (Phi) is 5.89. The summed E-state index contributed by atoms with van der Waals surface area (Å²) in [6.45, 7) is 7.96. The summed E-state index contributed by atoms with van der Waals surface area (Å²) in [4.78, 5) is 37.9. The second kappa shape index (κ2) is 8.35. The van der Waals surface area contributed by atoms with Crippen LogP contribution in [-0.4, -0.2) is 26.9 Å². The molecule has 0 saturated heterocycles. The van der Waals surface area contributed by atoms with E-state index in [-0.39, 0.29) is 19.6 Å². The van der Waals surface area contributed by atoms with Crippen LogP contribution < -0.4 is 26.5 Å². The fourth-order valence-electron chi connectivity index (χ4n) is 2.95. The van der Waals surface area contributed by atoms with Gasteiger partial charge in [-0.3, -0.25) is 0 Å². The van der Waals surface area contributed by atoms with Crippen LogP contribution in [0.5, 0.6) is 11.5 Å². The smallest absolute Gasteiger partial charge is 0.336 e. The number of hydrogen-bond acceptors (Lipinski definition) is 5. The van der Waals surface area contributed by atoms with Gasteiger partial charge in [0.05, 0.1) is 37.9 Å². The number of benzene rings is 1. The summed E-state index contributed by atoms with van der Waals surface area (Å²) >= 11 is 6.30. The van der Waals surface area contributed by atoms with Crippen LogP contribution in [0.25, 0.3) is 0 Å². The molecule has 1 aliphatic rings. The molecule has 1 aliphatic heterocycles. The molecule has 0 spiro atoms. The number of fused-ring (bicyclic) bond motifs is 1. The summed E-state index contributed by atoms with van der Waals surface area (Å²) in [5, 5.41) is 0.327. The molecule has 0 radical (unpaired) electrons. The molecule has 3 rings (SSSR count). The molecule has 0 aliphatic carbocycles. The Morgan fingerprint density at radius 2 is 1.50 bits per heavy atom. The van der Waals surface area contributed by atoms with Crippen molar-refractivity contribution in [2.75, 3.05) is 13.2 Å². The molecular weight excluding hydrogens is 386 g/mol. The second-order valence-electron chi connectivity index (χ2n) is 6.19. The number of halogens is 1. The predicted octanol–water partition coefficient (Wildman–Crippen LogP) is 1.41. The van der Waals surface area contributed by atoms with Crippen LogP contribution in [0.1, 0.15) is 12.0 Å². The molecule has 1 aromatic heterocycles. The Bertz CT molecular complexity index is 1050. The van der Waals surface area contributed by atoms with E-state index in [1.807, 2.05) is 0 Å². The molecule has 148 valence electrons. The van der Waals surface area contributed by atoms with Crippen molar-refractivity contribution in [3.05, 3.63) is 79.5 Å². The highest BCUT2D eigenvalue weighted by molar-refractivity contribution is 6.32. The quantitative estimate of drug-likeness (QED) is 0.678. The molecule has 0 fully saturated rings. The van der Waals surface area contributed by atoms with E-state index in [2.05, 4.69) is 13.2 Å². The average Bonchev–Trinajstić information content (AvgIpc) is 2.92. The summed E-state index contributed by atoms with van der Waals surface area (Å²) in [5.41, 5.74) is -1.58. The third-order valence-corrected chi connectivity index (χ3v) is 4.49. The third kappa shape index (κ3) is 3.68. The van der Waals surface area contributed by atoms with E-state index in [1.54, 1.807) is 12.1 Å². The monoisotopic (exact) mass is 405 g/mol. The number of rotatable bonds is 6. The number of nitrogens with zero attached hydrogens (tertiary/aromatic N) is 3. The average molecular weight is 406 g/mol. The highest BCUT2D eigenvalue weighted by Crippen LogP contribution is 2.38. The van der Waals surface area contributed by atoms with Gasteiger partial charge in [0.2, 0.25) is 0 Å². The first-order chi connectivity index (χ1) is 13.5. The Labute approximate surface area is 165 Å². The lowest BCUT2D eigenvalue weighted by atomic mass is 10.2. The Morgan fingerprint density at radius 3 is 2.11 bits per heavy atom. The van der Waals surface area contributed by atoms with E-state index in [0.29, 0.717) is 35.3 Å². The molecular formula is C19H20ClN3O5. The van der Waals surface area contributed by atoms with E-state index >= 15 is 0 Å². The zero-order valence-corrected chi connectivity index (χ0v) is 16.0. The van der Waals surface area contributed by atoms with Crippen LogP contribution in [0.4, 0.5) is 0 Å². The second-order valence-corrected chi connectivity index (χ2v) is 6.60. The largest absolute Gasteiger partial charge is 0.489 e. The fraction of sp³-hybridized carbons (Fsp3) is 0.316. The van der Waals surface area contributed by atoms with E-state index in [1.165, 1.54) is 12.2 Å². The van der Waals surface area contributed by atoms with Gasteiger partial charge in [0.1, 0.15) is 0 Å². The van der Waals surface area contributed by atoms with Crippen molar-refractivity contribution in [1.29, 1.82) is 0 Å². The first-order valence-electron chi connectivity index (χ1n) is 8.72. The van der Waals surface area contributed by atoms with Crippen LogP contribution in [0.2, 0.25) is 5.02 Å². The van der Waals surface area contributed by atoms with E-state index in [9.17, 15) is 14.4 Å². The van der Waals surface area contributed by atoms with Gasteiger partial charge in [0.25, 0.3) is 0 Å². The third-order valence-electron chi connectivity index (χ3n) is 4.21. The van der Waals surface area contributed by atoms with Crippen molar-refractivity contribution in [3.63, 3.8) is 0 Å². The van der Waals surface area contributed by atoms with Crippen LogP contribution in [0, 0.1) is 0 Å². The van der Waals surface area contributed by atoms with Gasteiger partial charge in [-0.1, -0.05) is 23.8 Å². The topological polar surface area (TPSA) is 84.5 Å². The minimum absolute atomic E-state index is 0.0169. The zero-order chi connectivity index (χ0) is 20.3. The highest BCUT2D eigenvalue weighted by Gasteiger charge is 2.18. The number of hydrogen-bond donors (Lipinski definition) is 0. The van der Waals surface area contributed by atoms with Gasteiger partial charge in [-0.2, -0.15) is 0 Å². The maximum absolute atomic E-state index is 12.7. The Hall–Kier alpha value is -3.00. The van der Waals surface area contributed by atoms with Crippen molar-refractivity contribution in [2.45, 2.75) is 26.1 Å². The van der Waals surface area contributed by atoms with Crippen LogP contribution in [0.3, 0.4) is 0 Å². The van der Waals surface area contributed by atoms with Gasteiger partial charge in [-0.15, -0.1) is 13.2 Å². The summed E-state index contributed by atoms with van der Waals surface area (Å²) in [6, 6.07) is 3.29. The summed E-state index contributed by atoms with van der Waals surface area (Å²) in [6.07, 6.45) is 3.55. The summed E-state index contributed by atoms with van der Waals surface area (Å²) in [5.74, 6) is 0.898. The van der Waals surface area contributed by atoms with Crippen molar-refractivity contribution < 1.29 is 9.47 Å². The molecule has 2 aromatic rings. The molecule has 28 heavy (non-hydrogen) atoms. The van der Waals surface area contributed by atoms with Gasteiger partial charge in [-0.25, -0.2) is 28.1 Å². The maximum Gasteiger partial charge on any atom is 0.336 e.